The van der Waals surface area contributed by atoms with E-state index < -0.39 is 17.5 Å². The van der Waals surface area contributed by atoms with Gasteiger partial charge < -0.3 is 0 Å². The molecule has 0 saturated heterocycles. The molecule has 0 radical (unpaired) electrons. The fourth-order valence-corrected chi connectivity index (χ4v) is 2.96. The predicted molar refractivity (Wildman–Crippen MR) is 82.1 cm³/mol. The molecule has 0 heterocycles. The molecule has 0 atom stereocenters. The number of benzene rings is 2. The van der Waals surface area contributed by atoms with Crippen LogP contribution in [0.4, 0.5) is 13.2 Å². The summed E-state index contributed by atoms with van der Waals surface area (Å²) in [6.07, 6.45) is 4.76. The van der Waals surface area contributed by atoms with E-state index in [1.165, 1.54) is 5.56 Å². The molecule has 3 rings (SSSR count). The first kappa shape index (κ1) is 14.9. The van der Waals surface area contributed by atoms with Gasteiger partial charge in [-0.3, -0.25) is 0 Å². The van der Waals surface area contributed by atoms with E-state index in [0.717, 1.165) is 30.0 Å². The molecule has 0 aromatic heterocycles. The normalized spacial score (nSPS) is 13.7. The fourth-order valence-electron chi connectivity index (χ4n) is 2.96. The van der Waals surface area contributed by atoms with Gasteiger partial charge >= 0.3 is 0 Å². The second-order valence-corrected chi connectivity index (χ2v) is 5.68. The number of halogens is 3. The molecule has 1 aliphatic rings. The maximum Gasteiger partial charge on any atom is 0.194 e. The predicted octanol–water partition coefficient (Wildman–Crippen LogP) is 5.24. The van der Waals surface area contributed by atoms with Gasteiger partial charge in [0.25, 0.3) is 0 Å². The van der Waals surface area contributed by atoms with Crippen molar-refractivity contribution in [2.45, 2.75) is 32.6 Å². The van der Waals surface area contributed by atoms with Gasteiger partial charge in [-0.25, -0.2) is 13.2 Å². The highest BCUT2D eigenvalue weighted by molar-refractivity contribution is 5.70. The quantitative estimate of drug-likeness (QED) is 0.680. The minimum absolute atomic E-state index is 0.269. The number of aryl methyl sites for hydroxylation is 1. The Labute approximate surface area is 128 Å². The van der Waals surface area contributed by atoms with Crippen LogP contribution in [0.1, 0.15) is 35.6 Å². The summed E-state index contributed by atoms with van der Waals surface area (Å²) in [5, 5.41) is 0. The summed E-state index contributed by atoms with van der Waals surface area (Å²) < 4.78 is 40.5. The third-order valence-corrected chi connectivity index (χ3v) is 4.15. The number of hydrogen-bond donors (Lipinski definition) is 0. The minimum Gasteiger partial charge on any atom is -0.204 e. The molecule has 2 aromatic carbocycles. The highest BCUT2D eigenvalue weighted by Crippen LogP contribution is 2.31. The maximum absolute atomic E-state index is 13.8. The summed E-state index contributed by atoms with van der Waals surface area (Å²) in [4.78, 5) is 0. The first-order valence-corrected chi connectivity index (χ1v) is 7.53. The lowest BCUT2D eigenvalue weighted by Crippen LogP contribution is -2.09. The lowest BCUT2D eigenvalue weighted by Gasteiger charge is -2.19. The van der Waals surface area contributed by atoms with Crippen LogP contribution in [0.3, 0.4) is 0 Å². The second kappa shape index (κ2) is 5.99. The van der Waals surface area contributed by atoms with Crippen molar-refractivity contribution in [1.82, 2.24) is 0 Å². The van der Waals surface area contributed by atoms with Crippen LogP contribution in [0.15, 0.2) is 36.4 Å². The van der Waals surface area contributed by atoms with E-state index in [-0.39, 0.29) is 5.56 Å². The molecule has 0 spiro atoms. The summed E-state index contributed by atoms with van der Waals surface area (Å²) in [5.41, 5.74) is 4.16. The number of fused-ring (bicyclic) bond motifs is 1. The third-order valence-electron chi connectivity index (χ3n) is 4.15. The van der Waals surface area contributed by atoms with Crippen LogP contribution >= 0.6 is 0 Å². The molecule has 0 aliphatic heterocycles. The average molecular weight is 302 g/mol. The Hall–Kier alpha value is -2.03. The van der Waals surface area contributed by atoms with E-state index in [4.69, 9.17) is 0 Å². The Morgan fingerprint density at radius 3 is 2.41 bits per heavy atom. The molecule has 1 aliphatic carbocycles. The monoisotopic (exact) mass is 302 g/mol. The van der Waals surface area contributed by atoms with Crippen LogP contribution in [-0.2, 0) is 19.3 Å². The molecule has 0 bridgehead atoms. The summed E-state index contributed by atoms with van der Waals surface area (Å²) >= 11 is 0. The van der Waals surface area contributed by atoms with Crippen LogP contribution in [0.2, 0.25) is 0 Å². The van der Waals surface area contributed by atoms with Gasteiger partial charge in [-0.05, 0) is 53.2 Å². The summed E-state index contributed by atoms with van der Waals surface area (Å²) in [7, 11) is 0. The Morgan fingerprint density at radius 2 is 1.73 bits per heavy atom. The highest BCUT2D eigenvalue weighted by atomic mass is 19.2. The molecule has 0 amide bonds. The van der Waals surface area contributed by atoms with Crippen LogP contribution in [0.25, 0.3) is 5.57 Å². The molecule has 2 aromatic rings. The zero-order valence-corrected chi connectivity index (χ0v) is 12.4. The van der Waals surface area contributed by atoms with Crippen LogP contribution in [0, 0.1) is 17.5 Å². The van der Waals surface area contributed by atoms with Crippen molar-refractivity contribution in [3.8, 4) is 0 Å². The van der Waals surface area contributed by atoms with E-state index in [0.29, 0.717) is 18.4 Å². The van der Waals surface area contributed by atoms with Gasteiger partial charge in [-0.1, -0.05) is 43.7 Å². The lowest BCUT2D eigenvalue weighted by molar-refractivity contribution is 0.440. The first-order valence-electron chi connectivity index (χ1n) is 7.53. The molecule has 0 unspecified atom stereocenters. The largest absolute Gasteiger partial charge is 0.204 e. The van der Waals surface area contributed by atoms with Gasteiger partial charge in [0, 0.05) is 0 Å². The standard InChI is InChI=1S/C19H17F3/c1-2-3-12-4-6-13(7-5-12)14-8-9-16-15(10-14)11-17(20)19(22)18(16)21/h4-8,11H,2-3,9-10H2,1H3. The van der Waals surface area contributed by atoms with E-state index >= 15 is 0 Å². The number of rotatable bonds is 3. The molecule has 0 saturated carbocycles. The second-order valence-electron chi connectivity index (χ2n) is 5.68. The third kappa shape index (κ3) is 2.68. The van der Waals surface area contributed by atoms with Gasteiger partial charge in [0.15, 0.2) is 17.5 Å². The van der Waals surface area contributed by atoms with Crippen molar-refractivity contribution < 1.29 is 13.2 Å². The molecule has 0 nitrogen and oxygen atoms in total. The van der Waals surface area contributed by atoms with E-state index in [9.17, 15) is 13.2 Å². The van der Waals surface area contributed by atoms with Crippen molar-refractivity contribution in [3.63, 3.8) is 0 Å². The minimum atomic E-state index is -1.38. The molecule has 0 N–H and O–H groups in total. The summed E-state index contributed by atoms with van der Waals surface area (Å²) in [6.45, 7) is 2.14. The van der Waals surface area contributed by atoms with Gasteiger partial charge in [-0.15, -0.1) is 0 Å². The molecule has 0 fully saturated rings. The molecule has 3 heteroatoms. The number of allylic oxidation sites excluding steroid dienone is 2. The highest BCUT2D eigenvalue weighted by Gasteiger charge is 2.21. The van der Waals surface area contributed by atoms with Crippen molar-refractivity contribution in [2.75, 3.05) is 0 Å². The van der Waals surface area contributed by atoms with Crippen molar-refractivity contribution in [1.29, 1.82) is 0 Å². The zero-order valence-electron chi connectivity index (χ0n) is 12.4. The topological polar surface area (TPSA) is 0 Å². The Kier molecular flexibility index (Phi) is 4.06. The van der Waals surface area contributed by atoms with Crippen molar-refractivity contribution >= 4 is 5.57 Å². The summed E-state index contributed by atoms with van der Waals surface area (Å²) in [6, 6.07) is 9.37. The van der Waals surface area contributed by atoms with Gasteiger partial charge in [0.1, 0.15) is 0 Å². The van der Waals surface area contributed by atoms with E-state index in [1.54, 1.807) is 0 Å². The van der Waals surface area contributed by atoms with Gasteiger partial charge in [0.2, 0.25) is 0 Å². The van der Waals surface area contributed by atoms with Crippen LogP contribution < -0.4 is 0 Å². The van der Waals surface area contributed by atoms with E-state index in [2.05, 4.69) is 19.1 Å². The fraction of sp³-hybridized carbons (Fsp3) is 0.263. The average Bonchev–Trinajstić information content (AvgIpc) is 2.53. The number of hydrogen-bond acceptors (Lipinski definition) is 0. The van der Waals surface area contributed by atoms with Crippen LogP contribution in [-0.4, -0.2) is 0 Å². The smallest absolute Gasteiger partial charge is 0.194 e. The first-order chi connectivity index (χ1) is 10.6. The molecule has 114 valence electrons. The Balaban J connectivity index is 1.89. The van der Waals surface area contributed by atoms with Crippen molar-refractivity contribution in [2.24, 2.45) is 0 Å². The SMILES string of the molecule is CCCc1ccc(C2=CCc3c(cc(F)c(F)c3F)C2)cc1. The van der Waals surface area contributed by atoms with E-state index in [1.807, 2.05) is 18.2 Å². The zero-order chi connectivity index (χ0) is 15.7. The molecular formula is C19H17F3. The van der Waals surface area contributed by atoms with Crippen LogP contribution in [0.5, 0.6) is 0 Å². The van der Waals surface area contributed by atoms with Gasteiger partial charge in [-0.2, -0.15) is 0 Å². The Bertz CT molecular complexity index is 727. The van der Waals surface area contributed by atoms with Gasteiger partial charge in [0.05, 0.1) is 0 Å². The molecule has 22 heavy (non-hydrogen) atoms. The van der Waals surface area contributed by atoms with Crippen molar-refractivity contribution in [3.05, 3.63) is 76.1 Å². The Morgan fingerprint density at radius 1 is 1.00 bits per heavy atom. The molecular weight excluding hydrogens is 285 g/mol. The lowest BCUT2D eigenvalue weighted by atomic mass is 9.87. The maximum atomic E-state index is 13.8. The summed E-state index contributed by atoms with van der Waals surface area (Å²) in [5.74, 6) is -3.54.